The molecule has 0 aliphatic carbocycles. The molecule has 2 aromatic heterocycles. The van der Waals surface area contributed by atoms with Gasteiger partial charge in [0.15, 0.2) is 5.65 Å². The van der Waals surface area contributed by atoms with E-state index in [0.29, 0.717) is 17.6 Å². The minimum Gasteiger partial charge on any atom is -0.353 e. The summed E-state index contributed by atoms with van der Waals surface area (Å²) in [5, 5.41) is 7.35. The van der Waals surface area contributed by atoms with Crippen molar-refractivity contribution in [2.24, 2.45) is 7.05 Å². The number of hydrogen-bond acceptors (Lipinski definition) is 5. The highest BCUT2D eigenvalue weighted by Crippen LogP contribution is 2.17. The molecular formula is C19H24N6O2. The molecule has 0 aliphatic heterocycles. The van der Waals surface area contributed by atoms with Gasteiger partial charge in [-0.2, -0.15) is 5.10 Å². The fourth-order valence-corrected chi connectivity index (χ4v) is 2.99. The number of benzene rings is 1. The van der Waals surface area contributed by atoms with Gasteiger partial charge < -0.3 is 10.2 Å². The highest BCUT2D eigenvalue weighted by molar-refractivity contribution is 5.77. The third-order valence-corrected chi connectivity index (χ3v) is 4.61. The summed E-state index contributed by atoms with van der Waals surface area (Å²) < 4.78 is 2.83. The fraction of sp³-hybridized carbons (Fsp3) is 0.368. The number of rotatable bonds is 6. The highest BCUT2D eigenvalue weighted by atomic mass is 16.2. The fourth-order valence-electron chi connectivity index (χ4n) is 2.99. The van der Waals surface area contributed by atoms with Crippen LogP contribution in [-0.2, 0) is 18.4 Å². The van der Waals surface area contributed by atoms with Crippen molar-refractivity contribution in [3.63, 3.8) is 0 Å². The first kappa shape index (κ1) is 18.8. The van der Waals surface area contributed by atoms with E-state index in [4.69, 9.17) is 0 Å². The first-order chi connectivity index (χ1) is 12.9. The van der Waals surface area contributed by atoms with Gasteiger partial charge in [0.1, 0.15) is 18.3 Å². The van der Waals surface area contributed by atoms with Crippen LogP contribution in [0.5, 0.6) is 0 Å². The number of carbonyl (C=O) groups is 1. The Kier molecular flexibility index (Phi) is 5.36. The number of fused-ring (bicyclic) bond motifs is 1. The number of carbonyl (C=O) groups excluding carboxylic acids is 1. The minimum atomic E-state index is -0.272. The lowest BCUT2D eigenvalue weighted by Gasteiger charge is -2.25. The Balaban J connectivity index is 1.69. The number of likely N-dealkylation sites (N-methyl/N-ethyl adjacent to an activating group) is 1. The number of nitrogens with one attached hydrogen (secondary N) is 1. The molecule has 0 spiro atoms. The van der Waals surface area contributed by atoms with Crippen molar-refractivity contribution in [2.45, 2.75) is 19.5 Å². The highest BCUT2D eigenvalue weighted by Gasteiger charge is 2.16. The van der Waals surface area contributed by atoms with Crippen molar-refractivity contribution in [3.05, 3.63) is 58.3 Å². The van der Waals surface area contributed by atoms with Gasteiger partial charge in [-0.3, -0.25) is 18.8 Å². The van der Waals surface area contributed by atoms with E-state index >= 15 is 0 Å². The molecule has 0 aliphatic rings. The maximum Gasteiger partial charge on any atom is 0.264 e. The number of nitrogens with zero attached hydrogens (tertiary/aromatic N) is 5. The summed E-state index contributed by atoms with van der Waals surface area (Å²) in [7, 11) is 5.67. The second kappa shape index (κ2) is 7.71. The normalized spacial score (nSPS) is 12.5. The number of aryl methyl sites for hydroxylation is 2. The van der Waals surface area contributed by atoms with Gasteiger partial charge >= 0.3 is 0 Å². The molecule has 0 fully saturated rings. The molecule has 1 N–H and O–H groups in total. The number of hydrogen-bond donors (Lipinski definition) is 1. The zero-order chi connectivity index (χ0) is 19.6. The average Bonchev–Trinajstić information content (AvgIpc) is 3.00. The van der Waals surface area contributed by atoms with Crippen LogP contribution >= 0.6 is 0 Å². The van der Waals surface area contributed by atoms with Gasteiger partial charge in [0.05, 0.1) is 12.2 Å². The van der Waals surface area contributed by atoms with Crippen LogP contribution in [0.15, 0.2) is 41.6 Å². The first-order valence-electron chi connectivity index (χ1n) is 8.73. The molecule has 3 rings (SSSR count). The van der Waals surface area contributed by atoms with Crippen molar-refractivity contribution in [1.29, 1.82) is 0 Å². The Labute approximate surface area is 157 Å². The largest absolute Gasteiger partial charge is 0.353 e. The molecule has 1 atom stereocenters. The molecule has 3 aromatic rings. The van der Waals surface area contributed by atoms with Crippen molar-refractivity contribution < 1.29 is 4.79 Å². The van der Waals surface area contributed by atoms with Gasteiger partial charge in [0.2, 0.25) is 5.91 Å². The molecule has 27 heavy (non-hydrogen) atoms. The van der Waals surface area contributed by atoms with Gasteiger partial charge in [0.25, 0.3) is 5.56 Å². The van der Waals surface area contributed by atoms with E-state index in [-0.39, 0.29) is 24.1 Å². The van der Waals surface area contributed by atoms with Crippen LogP contribution in [-0.4, -0.2) is 50.8 Å². The predicted octanol–water partition coefficient (Wildman–Crippen LogP) is 0.858. The molecule has 8 heteroatoms. The predicted molar refractivity (Wildman–Crippen MR) is 103 cm³/mol. The van der Waals surface area contributed by atoms with Gasteiger partial charge in [-0.15, -0.1) is 0 Å². The summed E-state index contributed by atoms with van der Waals surface area (Å²) in [4.78, 5) is 31.1. The maximum atomic E-state index is 12.5. The van der Waals surface area contributed by atoms with Crippen molar-refractivity contribution in [1.82, 2.24) is 29.5 Å². The zero-order valence-electron chi connectivity index (χ0n) is 16.0. The lowest BCUT2D eigenvalue weighted by Crippen LogP contribution is -2.37. The van der Waals surface area contributed by atoms with Gasteiger partial charge in [-0.1, -0.05) is 29.8 Å². The molecular weight excluding hydrogens is 344 g/mol. The second-order valence-corrected chi connectivity index (χ2v) is 6.88. The third-order valence-electron chi connectivity index (χ3n) is 4.61. The summed E-state index contributed by atoms with van der Waals surface area (Å²) in [6.07, 6.45) is 2.86. The summed E-state index contributed by atoms with van der Waals surface area (Å²) in [5.41, 5.74) is 2.55. The molecule has 0 radical (unpaired) electrons. The maximum absolute atomic E-state index is 12.5. The lowest BCUT2D eigenvalue weighted by atomic mass is 10.0. The standard InChI is InChI=1S/C19H24N6O2/c1-13-5-7-14(8-6-13)16(23(2)3)10-20-17(26)11-25-12-21-18-15(19(25)27)9-22-24(18)4/h5-9,12,16H,10-11H2,1-4H3,(H,20,26). The molecule has 0 saturated heterocycles. The van der Waals surface area contributed by atoms with Crippen LogP contribution in [0.4, 0.5) is 0 Å². The van der Waals surface area contributed by atoms with Crippen LogP contribution in [0.1, 0.15) is 17.2 Å². The smallest absolute Gasteiger partial charge is 0.264 e. The first-order valence-corrected chi connectivity index (χ1v) is 8.73. The van der Waals surface area contributed by atoms with Gasteiger partial charge in [-0.05, 0) is 26.6 Å². The number of aromatic nitrogens is 4. The second-order valence-electron chi connectivity index (χ2n) is 6.88. The Morgan fingerprint density at radius 1 is 1.26 bits per heavy atom. The van der Waals surface area contributed by atoms with E-state index in [0.717, 1.165) is 5.56 Å². The molecule has 1 aromatic carbocycles. The molecule has 0 saturated carbocycles. The van der Waals surface area contributed by atoms with Crippen LogP contribution in [0, 0.1) is 6.92 Å². The molecule has 1 amide bonds. The van der Waals surface area contributed by atoms with E-state index in [1.807, 2.05) is 21.0 Å². The van der Waals surface area contributed by atoms with Crippen molar-refractivity contribution in [3.8, 4) is 0 Å². The van der Waals surface area contributed by atoms with Crippen molar-refractivity contribution >= 4 is 16.9 Å². The average molecular weight is 368 g/mol. The Morgan fingerprint density at radius 3 is 2.63 bits per heavy atom. The van der Waals surface area contributed by atoms with E-state index in [1.54, 1.807) is 7.05 Å². The molecule has 142 valence electrons. The van der Waals surface area contributed by atoms with Crippen LogP contribution in [0.2, 0.25) is 0 Å². The van der Waals surface area contributed by atoms with E-state index < -0.39 is 0 Å². The monoisotopic (exact) mass is 368 g/mol. The summed E-state index contributed by atoms with van der Waals surface area (Å²) in [6, 6.07) is 8.29. The van der Waals surface area contributed by atoms with Gasteiger partial charge in [0, 0.05) is 13.6 Å². The minimum absolute atomic E-state index is 0.0465. The van der Waals surface area contributed by atoms with Crippen molar-refractivity contribution in [2.75, 3.05) is 20.6 Å². The van der Waals surface area contributed by atoms with E-state index in [2.05, 4.69) is 44.6 Å². The zero-order valence-corrected chi connectivity index (χ0v) is 16.0. The van der Waals surface area contributed by atoms with Gasteiger partial charge in [-0.25, -0.2) is 4.98 Å². The topological polar surface area (TPSA) is 85.0 Å². The molecule has 8 nitrogen and oxygen atoms in total. The SMILES string of the molecule is Cc1ccc(C(CNC(=O)Cn2cnc3c(cnn3C)c2=O)N(C)C)cc1. The van der Waals surface area contributed by atoms with E-state index in [9.17, 15) is 9.59 Å². The van der Waals surface area contributed by atoms with Crippen LogP contribution in [0.3, 0.4) is 0 Å². The summed E-state index contributed by atoms with van der Waals surface area (Å²) in [6.45, 7) is 2.41. The van der Waals surface area contributed by atoms with E-state index in [1.165, 1.54) is 27.3 Å². The number of amides is 1. The molecule has 0 bridgehead atoms. The Hall–Kier alpha value is -3.00. The quantitative estimate of drug-likeness (QED) is 0.697. The molecule has 2 heterocycles. The summed E-state index contributed by atoms with van der Waals surface area (Å²) in [5.74, 6) is -0.235. The lowest BCUT2D eigenvalue weighted by molar-refractivity contribution is -0.121. The Morgan fingerprint density at radius 2 is 1.96 bits per heavy atom. The Bertz CT molecular complexity index is 1000. The van der Waals surface area contributed by atoms with Crippen LogP contribution < -0.4 is 10.9 Å². The molecule has 1 unspecified atom stereocenters. The third kappa shape index (κ3) is 4.06. The summed E-state index contributed by atoms with van der Waals surface area (Å²) >= 11 is 0. The van der Waals surface area contributed by atoms with Crippen LogP contribution in [0.25, 0.3) is 11.0 Å².